The highest BCUT2D eigenvalue weighted by Crippen LogP contribution is 2.37. The summed E-state index contributed by atoms with van der Waals surface area (Å²) >= 11 is 0. The second-order valence-corrected chi connectivity index (χ2v) is 12.9. The van der Waals surface area contributed by atoms with Crippen molar-refractivity contribution in [3.8, 4) is 0 Å². The van der Waals surface area contributed by atoms with Crippen LogP contribution in [0.3, 0.4) is 0 Å². The fraction of sp³-hybridized carbons (Fsp3) is 0.576. The molecule has 9 nitrogen and oxygen atoms in total. The van der Waals surface area contributed by atoms with Gasteiger partial charge in [0, 0.05) is 62.9 Å². The molecule has 42 heavy (non-hydrogen) atoms. The normalized spacial score (nSPS) is 23.1. The molecule has 9 heteroatoms. The molecule has 1 aromatic carbocycles. The van der Waals surface area contributed by atoms with Gasteiger partial charge in [0.15, 0.2) is 0 Å². The second-order valence-electron chi connectivity index (χ2n) is 12.9. The number of β-amino-alcohol motifs (C(OH)–C–C–N with tert-alkyl or cyclic N) is 1. The summed E-state index contributed by atoms with van der Waals surface area (Å²) in [6, 6.07) is 8.95. The number of aliphatic hydroxyl groups excluding tert-OH is 1. The van der Waals surface area contributed by atoms with Crippen molar-refractivity contribution >= 4 is 28.6 Å². The summed E-state index contributed by atoms with van der Waals surface area (Å²) in [5, 5.41) is 22.6. The predicted octanol–water partition coefficient (Wildman–Crippen LogP) is 3.23. The van der Waals surface area contributed by atoms with Crippen LogP contribution in [0.2, 0.25) is 0 Å². The number of likely N-dealkylation sites (tertiary alicyclic amines) is 1. The van der Waals surface area contributed by atoms with E-state index in [0.717, 1.165) is 74.5 Å². The van der Waals surface area contributed by atoms with Gasteiger partial charge in [-0.1, -0.05) is 6.92 Å². The monoisotopic (exact) mass is 570 g/mol. The summed E-state index contributed by atoms with van der Waals surface area (Å²) in [5.41, 5.74) is 4.53. The highest BCUT2D eigenvalue weighted by molar-refractivity contribution is 5.82. The number of hydrogen-bond donors (Lipinski definition) is 2. The van der Waals surface area contributed by atoms with Gasteiger partial charge in [0.1, 0.15) is 11.4 Å². The van der Waals surface area contributed by atoms with Gasteiger partial charge in [-0.3, -0.25) is 4.79 Å². The first kappa shape index (κ1) is 27.5. The quantitative estimate of drug-likeness (QED) is 0.446. The van der Waals surface area contributed by atoms with Gasteiger partial charge in [-0.05, 0) is 92.2 Å². The van der Waals surface area contributed by atoms with E-state index < -0.39 is 5.60 Å². The molecule has 3 saturated heterocycles. The lowest BCUT2D eigenvalue weighted by Crippen LogP contribution is -2.48. The van der Waals surface area contributed by atoms with Crippen LogP contribution in [-0.4, -0.2) is 81.8 Å². The van der Waals surface area contributed by atoms with E-state index in [0.29, 0.717) is 43.7 Å². The smallest absolute Gasteiger partial charge is 0.225 e. The van der Waals surface area contributed by atoms with Crippen molar-refractivity contribution in [2.24, 2.45) is 11.8 Å². The molecular formula is C33H42N6O3. The van der Waals surface area contributed by atoms with Gasteiger partial charge < -0.3 is 24.9 Å². The predicted molar refractivity (Wildman–Crippen MR) is 163 cm³/mol. The number of aliphatic hydroxyl groups is 2. The molecule has 3 aliphatic heterocycles. The van der Waals surface area contributed by atoms with Crippen molar-refractivity contribution < 1.29 is 15.0 Å². The number of hydrogen-bond acceptors (Lipinski definition) is 8. The van der Waals surface area contributed by atoms with Crippen molar-refractivity contribution in [1.82, 2.24) is 19.9 Å². The second kappa shape index (κ2) is 11.1. The van der Waals surface area contributed by atoms with Crippen LogP contribution in [0, 0.1) is 11.8 Å². The Bertz CT molecular complexity index is 1480. The Hall–Kier alpha value is -3.30. The minimum atomic E-state index is -1.13. The average Bonchev–Trinajstić information content (AvgIpc) is 3.63. The van der Waals surface area contributed by atoms with Gasteiger partial charge in [0.05, 0.1) is 17.8 Å². The van der Waals surface area contributed by atoms with Crippen LogP contribution in [0.5, 0.6) is 0 Å². The molecular weight excluding hydrogens is 528 g/mol. The number of amides is 1. The molecule has 222 valence electrons. The number of carbonyl (C=O) groups excluding carboxylic acids is 1. The molecule has 0 radical (unpaired) electrons. The van der Waals surface area contributed by atoms with E-state index in [1.54, 1.807) is 4.90 Å². The third-order valence-electron chi connectivity index (χ3n) is 10.1. The maximum absolute atomic E-state index is 12.4. The number of rotatable bonds is 7. The Kier molecular flexibility index (Phi) is 7.26. The van der Waals surface area contributed by atoms with Crippen LogP contribution < -0.4 is 9.80 Å². The number of nitrogens with zero attached hydrogens (tertiary/aromatic N) is 6. The topological polar surface area (TPSA) is 106 Å². The lowest BCUT2D eigenvalue weighted by atomic mass is 9.87. The third-order valence-corrected chi connectivity index (χ3v) is 10.1. The number of benzene rings is 1. The highest BCUT2D eigenvalue weighted by atomic mass is 16.3. The van der Waals surface area contributed by atoms with E-state index >= 15 is 0 Å². The van der Waals surface area contributed by atoms with Crippen molar-refractivity contribution in [3.63, 3.8) is 0 Å². The number of piperidine rings is 1. The average molecular weight is 571 g/mol. The van der Waals surface area contributed by atoms with Gasteiger partial charge in [-0.15, -0.1) is 0 Å². The largest absolute Gasteiger partial charge is 0.396 e. The SMILES string of the molecule is CCC(=O)N1CCC(O)(c2cnc(N3CCC(CO)CC3)nc2CC2CN(c3ccc4cc5c(cc4n3)CCC5)C2)C1. The van der Waals surface area contributed by atoms with Crippen LogP contribution in [0.4, 0.5) is 11.8 Å². The van der Waals surface area contributed by atoms with Crippen LogP contribution in [0.15, 0.2) is 30.5 Å². The van der Waals surface area contributed by atoms with Crippen molar-refractivity contribution in [3.05, 3.63) is 52.8 Å². The molecule has 5 heterocycles. The molecule has 0 bridgehead atoms. The molecule has 1 aliphatic carbocycles. The Morgan fingerprint density at radius 3 is 2.57 bits per heavy atom. The summed E-state index contributed by atoms with van der Waals surface area (Å²) in [6.45, 7) is 6.35. The van der Waals surface area contributed by atoms with E-state index in [4.69, 9.17) is 15.0 Å². The highest BCUT2D eigenvalue weighted by Gasteiger charge is 2.42. The molecule has 3 aromatic rings. The first-order valence-electron chi connectivity index (χ1n) is 15.8. The molecule has 2 N–H and O–H groups in total. The Labute approximate surface area is 247 Å². The van der Waals surface area contributed by atoms with Crippen molar-refractivity contribution in [1.29, 1.82) is 0 Å². The van der Waals surface area contributed by atoms with E-state index in [2.05, 4.69) is 34.1 Å². The first-order valence-corrected chi connectivity index (χ1v) is 15.8. The van der Waals surface area contributed by atoms with E-state index in [-0.39, 0.29) is 12.5 Å². The zero-order chi connectivity index (χ0) is 28.8. The molecule has 3 fully saturated rings. The third kappa shape index (κ3) is 5.11. The fourth-order valence-corrected chi connectivity index (χ4v) is 7.39. The zero-order valence-electron chi connectivity index (χ0n) is 24.6. The summed E-state index contributed by atoms with van der Waals surface area (Å²) < 4.78 is 0. The Balaban J connectivity index is 1.10. The van der Waals surface area contributed by atoms with Crippen LogP contribution in [-0.2, 0) is 29.7 Å². The summed E-state index contributed by atoms with van der Waals surface area (Å²) in [4.78, 5) is 33.6. The summed E-state index contributed by atoms with van der Waals surface area (Å²) in [7, 11) is 0. The van der Waals surface area contributed by atoms with Crippen LogP contribution in [0.25, 0.3) is 10.9 Å². The molecule has 1 atom stereocenters. The van der Waals surface area contributed by atoms with Crippen molar-refractivity contribution in [2.45, 2.75) is 63.9 Å². The minimum absolute atomic E-state index is 0.0687. The van der Waals surface area contributed by atoms with Gasteiger partial charge in [-0.2, -0.15) is 0 Å². The van der Waals surface area contributed by atoms with Gasteiger partial charge in [0.2, 0.25) is 11.9 Å². The molecule has 0 saturated carbocycles. The maximum atomic E-state index is 12.4. The Morgan fingerprint density at radius 1 is 1.02 bits per heavy atom. The van der Waals surface area contributed by atoms with Gasteiger partial charge in [0.25, 0.3) is 0 Å². The number of pyridine rings is 1. The van der Waals surface area contributed by atoms with Crippen LogP contribution >= 0.6 is 0 Å². The number of fused-ring (bicyclic) bond motifs is 2. The molecule has 1 unspecified atom stereocenters. The summed E-state index contributed by atoms with van der Waals surface area (Å²) in [6.07, 6.45) is 8.92. The van der Waals surface area contributed by atoms with E-state index in [9.17, 15) is 15.0 Å². The molecule has 1 amide bonds. The number of aryl methyl sites for hydroxylation is 2. The van der Waals surface area contributed by atoms with Gasteiger partial charge >= 0.3 is 0 Å². The Morgan fingerprint density at radius 2 is 1.81 bits per heavy atom. The lowest BCUT2D eigenvalue weighted by Gasteiger charge is -2.41. The van der Waals surface area contributed by atoms with Crippen molar-refractivity contribution in [2.75, 3.05) is 55.7 Å². The molecule has 0 spiro atoms. The minimum Gasteiger partial charge on any atom is -0.396 e. The fourth-order valence-electron chi connectivity index (χ4n) is 7.39. The molecule has 7 rings (SSSR count). The van der Waals surface area contributed by atoms with E-state index in [1.807, 2.05) is 13.1 Å². The van der Waals surface area contributed by atoms with E-state index in [1.165, 1.54) is 29.4 Å². The van der Waals surface area contributed by atoms with Gasteiger partial charge in [-0.25, -0.2) is 15.0 Å². The van der Waals surface area contributed by atoms with Crippen LogP contribution in [0.1, 0.15) is 61.4 Å². The molecule has 2 aromatic heterocycles. The number of anilines is 2. The summed E-state index contributed by atoms with van der Waals surface area (Å²) in [5.74, 6) is 2.52. The first-order chi connectivity index (χ1) is 20.4. The lowest BCUT2D eigenvalue weighted by molar-refractivity contribution is -0.130. The zero-order valence-corrected chi connectivity index (χ0v) is 24.6. The number of carbonyl (C=O) groups is 1. The molecule has 4 aliphatic rings. The maximum Gasteiger partial charge on any atom is 0.225 e. The number of aromatic nitrogens is 3. The standard InChI is InChI=1S/C33H42N6O3/c1-2-31(41)38-13-10-33(42,21-38)27-17-34-32(37-11-8-22(20-40)9-12-37)36-29(27)14-23-18-39(19-23)30-7-6-26-15-24-4-3-5-25(24)16-28(26)35-30/h6-7,15-17,22-23,40,42H,2-5,8-14,18-21H2,1H3.